The highest BCUT2D eigenvalue weighted by Crippen LogP contribution is 2.48. The molecule has 19 heavy (non-hydrogen) atoms. The Hall–Kier alpha value is -2.17. The molecule has 5 nitrogen and oxygen atoms in total. The molecule has 2 aliphatic carbocycles. The lowest BCUT2D eigenvalue weighted by molar-refractivity contribution is -0.146. The Morgan fingerprint density at radius 2 is 1.79 bits per heavy atom. The van der Waals surface area contributed by atoms with Crippen molar-refractivity contribution in [3.8, 4) is 0 Å². The third-order valence-electron chi connectivity index (χ3n) is 4.00. The lowest BCUT2D eigenvalue weighted by Crippen LogP contribution is -2.36. The topological polar surface area (TPSA) is 79.3 Å². The average Bonchev–Trinajstić information content (AvgIpc) is 2.99. The number of aromatic nitrogens is 1. The predicted molar refractivity (Wildman–Crippen MR) is 68.2 cm³/mol. The summed E-state index contributed by atoms with van der Waals surface area (Å²) in [4.78, 5) is 27.5. The van der Waals surface area contributed by atoms with Gasteiger partial charge in [-0.15, -0.1) is 0 Å². The van der Waals surface area contributed by atoms with E-state index >= 15 is 0 Å². The van der Waals surface area contributed by atoms with Gasteiger partial charge in [0.05, 0.1) is 11.8 Å². The van der Waals surface area contributed by atoms with Crippen LogP contribution < -0.4 is 5.32 Å². The van der Waals surface area contributed by atoms with Crippen LogP contribution in [0.25, 0.3) is 0 Å². The van der Waals surface area contributed by atoms with Gasteiger partial charge in [0.25, 0.3) is 0 Å². The first-order valence-electron chi connectivity index (χ1n) is 6.29. The number of carbonyl (C=O) groups is 2. The van der Waals surface area contributed by atoms with Gasteiger partial charge < -0.3 is 10.4 Å². The summed E-state index contributed by atoms with van der Waals surface area (Å²) in [5, 5.41) is 12.1. The van der Waals surface area contributed by atoms with E-state index in [1.54, 1.807) is 24.5 Å². The van der Waals surface area contributed by atoms with Gasteiger partial charge in [-0.3, -0.25) is 14.6 Å². The normalized spacial score (nSPS) is 31.4. The quantitative estimate of drug-likeness (QED) is 0.806. The maximum Gasteiger partial charge on any atom is 0.307 e. The molecule has 4 atom stereocenters. The summed E-state index contributed by atoms with van der Waals surface area (Å²) < 4.78 is 0. The average molecular weight is 258 g/mol. The van der Waals surface area contributed by atoms with Crippen LogP contribution in [0.5, 0.6) is 0 Å². The smallest absolute Gasteiger partial charge is 0.307 e. The number of hydrogen-bond donors (Lipinski definition) is 2. The molecule has 0 spiro atoms. The Bertz CT molecular complexity index is 541. The number of hydrogen-bond acceptors (Lipinski definition) is 3. The van der Waals surface area contributed by atoms with E-state index in [-0.39, 0.29) is 17.7 Å². The van der Waals surface area contributed by atoms with Crippen LogP contribution in [0.4, 0.5) is 5.69 Å². The van der Waals surface area contributed by atoms with Gasteiger partial charge in [0.2, 0.25) is 5.91 Å². The van der Waals surface area contributed by atoms with E-state index in [0.717, 1.165) is 6.42 Å². The minimum atomic E-state index is -0.883. The Morgan fingerprint density at radius 1 is 1.16 bits per heavy atom. The predicted octanol–water partition coefficient (Wildman–Crippen LogP) is 1.54. The van der Waals surface area contributed by atoms with E-state index in [0.29, 0.717) is 5.69 Å². The largest absolute Gasteiger partial charge is 0.481 e. The van der Waals surface area contributed by atoms with Crippen LogP contribution in [0.3, 0.4) is 0 Å². The minimum Gasteiger partial charge on any atom is -0.481 e. The molecule has 0 aliphatic heterocycles. The molecule has 2 N–H and O–H groups in total. The number of amides is 1. The highest BCUT2D eigenvalue weighted by molar-refractivity contribution is 5.96. The van der Waals surface area contributed by atoms with Crippen LogP contribution >= 0.6 is 0 Å². The van der Waals surface area contributed by atoms with Gasteiger partial charge in [0.1, 0.15) is 0 Å². The van der Waals surface area contributed by atoms with Crippen LogP contribution in [0.2, 0.25) is 0 Å². The van der Waals surface area contributed by atoms with Gasteiger partial charge in [-0.25, -0.2) is 0 Å². The Labute approximate surface area is 110 Å². The summed E-state index contributed by atoms with van der Waals surface area (Å²) >= 11 is 0. The van der Waals surface area contributed by atoms with Crippen molar-refractivity contribution in [2.24, 2.45) is 23.7 Å². The zero-order valence-electron chi connectivity index (χ0n) is 10.2. The fourth-order valence-corrected chi connectivity index (χ4v) is 3.18. The zero-order valence-corrected chi connectivity index (χ0v) is 10.2. The second-order valence-corrected chi connectivity index (χ2v) is 5.06. The molecule has 0 aromatic carbocycles. The molecule has 0 radical (unpaired) electrons. The van der Waals surface area contributed by atoms with Crippen LogP contribution in [0, 0.1) is 23.7 Å². The van der Waals surface area contributed by atoms with Crippen molar-refractivity contribution in [1.29, 1.82) is 0 Å². The summed E-state index contributed by atoms with van der Waals surface area (Å²) in [6, 6.07) is 3.38. The lowest BCUT2D eigenvalue weighted by Gasteiger charge is -2.23. The minimum absolute atomic E-state index is 0.00399. The SMILES string of the molecule is O=C(O)[C@@H]1C2C=CC(C2)[C@@H]1C(=O)Nc1ccncc1. The second kappa shape index (κ2) is 4.50. The molecule has 2 bridgehead atoms. The molecule has 5 heteroatoms. The lowest BCUT2D eigenvalue weighted by atomic mass is 9.82. The first-order chi connectivity index (χ1) is 9.16. The fourth-order valence-electron chi connectivity index (χ4n) is 3.18. The number of rotatable bonds is 3. The van der Waals surface area contributed by atoms with Crippen molar-refractivity contribution < 1.29 is 14.7 Å². The standard InChI is InChI=1S/C14H14N2O3/c17-13(16-10-3-5-15-6-4-10)11-8-1-2-9(7-8)12(11)14(18)19/h1-6,8-9,11-12H,7H2,(H,18,19)(H,15,16,17)/t8?,9?,11-,12+/m0/s1. The van der Waals surface area contributed by atoms with E-state index in [2.05, 4.69) is 10.3 Å². The molecule has 98 valence electrons. The number of anilines is 1. The molecule has 2 aliphatic rings. The Kier molecular flexibility index (Phi) is 2.81. The van der Waals surface area contributed by atoms with E-state index < -0.39 is 17.8 Å². The molecular weight excluding hydrogens is 244 g/mol. The van der Waals surface area contributed by atoms with E-state index in [4.69, 9.17) is 0 Å². The summed E-state index contributed by atoms with van der Waals surface area (Å²) in [6.45, 7) is 0. The molecule has 0 saturated heterocycles. The van der Waals surface area contributed by atoms with Gasteiger partial charge in [-0.2, -0.15) is 0 Å². The monoisotopic (exact) mass is 258 g/mol. The zero-order chi connectivity index (χ0) is 13.4. The Morgan fingerprint density at radius 3 is 2.42 bits per heavy atom. The molecule has 1 aromatic rings. The number of carboxylic acid groups (broad SMARTS) is 1. The number of carbonyl (C=O) groups excluding carboxylic acids is 1. The molecule has 1 aromatic heterocycles. The van der Waals surface area contributed by atoms with Crippen LogP contribution in [-0.2, 0) is 9.59 Å². The maximum atomic E-state index is 12.3. The number of allylic oxidation sites excluding steroid dienone is 2. The number of fused-ring (bicyclic) bond motifs is 2. The summed E-state index contributed by atoms with van der Waals surface area (Å²) in [5.74, 6) is -2.12. The highest BCUT2D eigenvalue weighted by atomic mass is 16.4. The first-order valence-corrected chi connectivity index (χ1v) is 6.29. The van der Waals surface area contributed by atoms with Gasteiger partial charge in [-0.05, 0) is 30.4 Å². The third-order valence-corrected chi connectivity index (χ3v) is 4.00. The Balaban J connectivity index is 1.79. The number of nitrogens with one attached hydrogen (secondary N) is 1. The van der Waals surface area contributed by atoms with Crippen molar-refractivity contribution in [3.05, 3.63) is 36.7 Å². The van der Waals surface area contributed by atoms with Gasteiger partial charge in [0.15, 0.2) is 0 Å². The number of nitrogens with zero attached hydrogens (tertiary/aromatic N) is 1. The van der Waals surface area contributed by atoms with E-state index in [1.165, 1.54) is 0 Å². The number of carboxylic acids is 1. The van der Waals surface area contributed by atoms with Gasteiger partial charge >= 0.3 is 5.97 Å². The van der Waals surface area contributed by atoms with Crippen molar-refractivity contribution in [2.45, 2.75) is 6.42 Å². The number of pyridine rings is 1. The maximum absolute atomic E-state index is 12.3. The van der Waals surface area contributed by atoms with Crippen molar-refractivity contribution >= 4 is 17.6 Å². The summed E-state index contributed by atoms with van der Waals surface area (Å²) in [7, 11) is 0. The fraction of sp³-hybridized carbons (Fsp3) is 0.357. The third kappa shape index (κ3) is 2.01. The molecule has 1 saturated carbocycles. The molecule has 2 unspecified atom stereocenters. The van der Waals surface area contributed by atoms with E-state index in [9.17, 15) is 14.7 Å². The van der Waals surface area contributed by atoms with Crippen LogP contribution in [0.1, 0.15) is 6.42 Å². The molecule has 1 fully saturated rings. The summed E-state index contributed by atoms with van der Waals surface area (Å²) in [6.07, 6.45) is 7.85. The van der Waals surface area contributed by atoms with Gasteiger partial charge in [0, 0.05) is 18.1 Å². The van der Waals surface area contributed by atoms with E-state index in [1.807, 2.05) is 12.2 Å². The van der Waals surface area contributed by atoms with Gasteiger partial charge in [-0.1, -0.05) is 12.2 Å². The molecule has 1 heterocycles. The summed E-state index contributed by atoms with van der Waals surface area (Å²) in [5.41, 5.74) is 0.649. The molecule has 3 rings (SSSR count). The van der Waals surface area contributed by atoms with Crippen LogP contribution in [-0.4, -0.2) is 22.0 Å². The van der Waals surface area contributed by atoms with Crippen molar-refractivity contribution in [2.75, 3.05) is 5.32 Å². The van der Waals surface area contributed by atoms with Crippen molar-refractivity contribution in [3.63, 3.8) is 0 Å². The first kappa shape index (κ1) is 11.9. The second-order valence-electron chi connectivity index (χ2n) is 5.06. The molecule has 1 amide bonds. The highest BCUT2D eigenvalue weighted by Gasteiger charge is 2.51. The van der Waals surface area contributed by atoms with Crippen molar-refractivity contribution in [1.82, 2.24) is 4.98 Å². The van der Waals surface area contributed by atoms with Crippen LogP contribution in [0.15, 0.2) is 36.7 Å². The molecular formula is C14H14N2O3. The number of aliphatic carboxylic acids is 1.